The lowest BCUT2D eigenvalue weighted by molar-refractivity contribution is 0.426. The predicted octanol–water partition coefficient (Wildman–Crippen LogP) is 13.7. The summed E-state index contributed by atoms with van der Waals surface area (Å²) < 4.78 is 39.0. The van der Waals surface area contributed by atoms with Crippen LogP contribution >= 0.6 is 11.6 Å². The molecule has 0 saturated carbocycles. The predicted molar refractivity (Wildman–Crippen MR) is 238 cm³/mol. The molecule has 288 valence electrons. The van der Waals surface area contributed by atoms with Crippen molar-refractivity contribution in [2.45, 2.75) is 14.9 Å². The molecular weight excluding hydrogens is 749 g/mol. The Hall–Kier alpha value is -6.51. The molecule has 0 bridgehead atoms. The van der Waals surface area contributed by atoms with Crippen molar-refractivity contribution in [2.75, 3.05) is 0 Å². The zero-order valence-corrected chi connectivity index (χ0v) is 30.5. The van der Waals surface area contributed by atoms with Gasteiger partial charge in [-0.15, -0.1) is 0 Å². The van der Waals surface area contributed by atoms with Crippen molar-refractivity contribution in [1.29, 1.82) is 0 Å². The minimum atomic E-state index is -1.41. The summed E-state index contributed by atoms with van der Waals surface area (Å²) in [5.41, 5.74) is 8.77. The van der Waals surface area contributed by atoms with Gasteiger partial charge in [-0.05, 0) is 75.2 Å². The van der Waals surface area contributed by atoms with Crippen LogP contribution in [-0.2, 0) is 0 Å². The summed E-state index contributed by atoms with van der Waals surface area (Å²) >= 11 is 6.02. The number of hydrogen-bond acceptors (Lipinski definition) is 4. The van der Waals surface area contributed by atoms with E-state index in [9.17, 15) is 8.78 Å². The summed E-state index contributed by atoms with van der Waals surface area (Å²) in [7, 11) is -1.41. The van der Waals surface area contributed by atoms with Gasteiger partial charge >= 0.3 is 7.12 Å². The maximum atomic E-state index is 14.4. The van der Waals surface area contributed by atoms with E-state index in [0.717, 1.165) is 49.5 Å². The summed E-state index contributed by atoms with van der Waals surface area (Å²) in [6, 6.07) is 56.9. The SMILES string of the molecule is C.C.Fc1ccc(-c2cccc(-c3ccccc3)c2)c2c1oc1ccccc12.Fc1ccc(Cl)c2c1oc1ccccc12.OB(O)c1cccc(-c2ccccc2)c1. The highest BCUT2D eigenvalue weighted by atomic mass is 35.5. The van der Waals surface area contributed by atoms with Crippen LogP contribution in [-0.4, -0.2) is 17.2 Å². The molecule has 58 heavy (non-hydrogen) atoms. The normalized spacial score (nSPS) is 10.6. The number of furan rings is 2. The van der Waals surface area contributed by atoms with Crippen molar-refractivity contribution in [2.24, 2.45) is 0 Å². The molecule has 2 aromatic heterocycles. The molecule has 0 aliphatic heterocycles. The largest absolute Gasteiger partial charge is 0.488 e. The molecule has 0 aliphatic carbocycles. The Kier molecular flexibility index (Phi) is 12.9. The first-order chi connectivity index (χ1) is 27.4. The van der Waals surface area contributed by atoms with Crippen LogP contribution in [0.1, 0.15) is 14.9 Å². The minimum absolute atomic E-state index is 0. The third kappa shape index (κ3) is 8.43. The topological polar surface area (TPSA) is 66.7 Å². The highest BCUT2D eigenvalue weighted by Gasteiger charge is 2.17. The van der Waals surface area contributed by atoms with Gasteiger partial charge in [-0.1, -0.05) is 172 Å². The van der Waals surface area contributed by atoms with Crippen molar-refractivity contribution < 1.29 is 27.7 Å². The first-order valence-corrected chi connectivity index (χ1v) is 18.3. The van der Waals surface area contributed by atoms with Crippen LogP contribution in [0.15, 0.2) is 191 Å². The van der Waals surface area contributed by atoms with Gasteiger partial charge in [-0.3, -0.25) is 0 Å². The Bertz CT molecular complexity index is 2940. The zero-order chi connectivity index (χ0) is 38.6. The average molecular weight is 789 g/mol. The molecule has 8 aromatic carbocycles. The maximum absolute atomic E-state index is 14.4. The molecule has 2 N–H and O–H groups in total. The molecule has 0 aliphatic rings. The molecule has 10 aromatic rings. The van der Waals surface area contributed by atoms with Gasteiger partial charge in [0.1, 0.15) is 11.2 Å². The Morgan fingerprint density at radius 1 is 0.431 bits per heavy atom. The number of hydrogen-bond donors (Lipinski definition) is 2. The second-order valence-corrected chi connectivity index (χ2v) is 13.4. The minimum Gasteiger partial charge on any atom is -0.453 e. The highest BCUT2D eigenvalue weighted by Crippen LogP contribution is 2.39. The molecule has 8 heteroatoms. The van der Waals surface area contributed by atoms with Crippen LogP contribution in [0.3, 0.4) is 0 Å². The average Bonchev–Trinajstić information content (AvgIpc) is 3.85. The third-order valence-electron chi connectivity index (χ3n) is 9.48. The molecule has 10 rings (SSSR count). The number of para-hydroxylation sites is 2. The lowest BCUT2D eigenvalue weighted by atomic mass is 9.79. The summed E-state index contributed by atoms with van der Waals surface area (Å²) in [6.07, 6.45) is 0. The van der Waals surface area contributed by atoms with E-state index in [-0.39, 0.29) is 32.1 Å². The number of fused-ring (bicyclic) bond motifs is 6. The van der Waals surface area contributed by atoms with Gasteiger partial charge in [-0.25, -0.2) is 8.78 Å². The third-order valence-corrected chi connectivity index (χ3v) is 9.79. The second-order valence-electron chi connectivity index (χ2n) is 13.0. The van der Waals surface area contributed by atoms with E-state index in [4.69, 9.17) is 30.5 Å². The van der Waals surface area contributed by atoms with Crippen LogP contribution in [0.5, 0.6) is 0 Å². The zero-order valence-electron chi connectivity index (χ0n) is 29.7. The standard InChI is InChI=1S/C24H15FO.C12H11BO2.C12H6ClFO.2CH4/c25-21-14-13-19(23-20-11-4-5-12-22(20)26-24(21)23)18-10-6-9-17(15-18)16-7-2-1-3-8-16;14-13(15)12-8-4-7-11(9-12)10-5-2-1-3-6-10;13-8-5-6-9(14)12-11(8)7-3-1-2-4-10(7)15-12;;/h1-15H;1-9,14-15H;1-6H;2*1H4. The molecule has 0 amide bonds. The van der Waals surface area contributed by atoms with Crippen molar-refractivity contribution in [3.8, 4) is 33.4 Å². The van der Waals surface area contributed by atoms with E-state index in [1.165, 1.54) is 12.1 Å². The van der Waals surface area contributed by atoms with Gasteiger partial charge in [0.15, 0.2) is 22.8 Å². The highest BCUT2D eigenvalue weighted by molar-refractivity contribution is 6.58. The molecule has 4 nitrogen and oxygen atoms in total. The maximum Gasteiger partial charge on any atom is 0.488 e. The number of halogens is 3. The summed E-state index contributed by atoms with van der Waals surface area (Å²) in [4.78, 5) is 0. The van der Waals surface area contributed by atoms with Gasteiger partial charge in [0.25, 0.3) is 0 Å². The molecule has 2 heterocycles. The fraction of sp³-hybridized carbons (Fsp3) is 0.0400. The Morgan fingerprint density at radius 3 is 1.47 bits per heavy atom. The lowest BCUT2D eigenvalue weighted by Crippen LogP contribution is -2.29. The number of rotatable bonds is 4. The molecule has 0 radical (unpaired) electrons. The first-order valence-electron chi connectivity index (χ1n) is 17.9. The van der Waals surface area contributed by atoms with Crippen LogP contribution in [0.2, 0.25) is 5.02 Å². The quantitative estimate of drug-likeness (QED) is 0.174. The van der Waals surface area contributed by atoms with Gasteiger partial charge in [0.05, 0.1) is 5.02 Å². The monoisotopic (exact) mass is 788 g/mol. The smallest absolute Gasteiger partial charge is 0.453 e. The second kappa shape index (κ2) is 18.2. The Morgan fingerprint density at radius 2 is 0.879 bits per heavy atom. The number of benzene rings is 8. The van der Waals surface area contributed by atoms with Crippen molar-refractivity contribution in [3.05, 3.63) is 199 Å². The van der Waals surface area contributed by atoms with Crippen molar-refractivity contribution in [3.63, 3.8) is 0 Å². The molecule has 0 fully saturated rings. The lowest BCUT2D eigenvalue weighted by Gasteiger charge is -2.08. The van der Waals surface area contributed by atoms with Gasteiger partial charge < -0.3 is 18.9 Å². The van der Waals surface area contributed by atoms with E-state index >= 15 is 0 Å². The van der Waals surface area contributed by atoms with Gasteiger partial charge in [-0.2, -0.15) is 0 Å². The Balaban J connectivity index is 0.000000153. The first kappa shape index (κ1) is 41.1. The molecule has 0 atom stereocenters. The van der Waals surface area contributed by atoms with Gasteiger partial charge in [0.2, 0.25) is 0 Å². The van der Waals surface area contributed by atoms with Crippen LogP contribution < -0.4 is 5.46 Å². The molecule has 0 saturated heterocycles. The summed E-state index contributed by atoms with van der Waals surface area (Å²) in [5, 5.41) is 21.9. The molecule has 0 spiro atoms. The van der Waals surface area contributed by atoms with E-state index in [1.54, 1.807) is 24.3 Å². The van der Waals surface area contributed by atoms with E-state index in [2.05, 4.69) is 30.3 Å². The summed E-state index contributed by atoms with van der Waals surface area (Å²) in [5.74, 6) is -0.718. The van der Waals surface area contributed by atoms with E-state index in [1.807, 2.05) is 115 Å². The van der Waals surface area contributed by atoms with Crippen LogP contribution in [0.4, 0.5) is 8.78 Å². The van der Waals surface area contributed by atoms with Crippen LogP contribution in [0.25, 0.3) is 77.3 Å². The van der Waals surface area contributed by atoms with E-state index in [0.29, 0.717) is 32.6 Å². The fourth-order valence-corrected chi connectivity index (χ4v) is 7.05. The van der Waals surface area contributed by atoms with Crippen molar-refractivity contribution >= 4 is 68.1 Å². The van der Waals surface area contributed by atoms with Crippen LogP contribution in [0, 0.1) is 11.6 Å². The molecule has 0 unspecified atom stereocenters. The Labute approximate surface area is 341 Å². The molecular formula is C50H40BClF2O4. The fourth-order valence-electron chi connectivity index (χ4n) is 6.80. The van der Waals surface area contributed by atoms with Gasteiger partial charge in [0, 0.05) is 21.5 Å². The van der Waals surface area contributed by atoms with Crippen molar-refractivity contribution in [1.82, 2.24) is 0 Å². The summed E-state index contributed by atoms with van der Waals surface area (Å²) in [6.45, 7) is 0. The van der Waals surface area contributed by atoms with E-state index < -0.39 is 7.12 Å².